The summed E-state index contributed by atoms with van der Waals surface area (Å²) in [6.45, 7) is 3.54. The summed E-state index contributed by atoms with van der Waals surface area (Å²) >= 11 is 0. The highest BCUT2D eigenvalue weighted by Crippen LogP contribution is 2.17. The smallest absolute Gasteiger partial charge is 0.0809 e. The van der Waals surface area contributed by atoms with E-state index in [1.54, 1.807) is 0 Å². The van der Waals surface area contributed by atoms with Gasteiger partial charge in [0.25, 0.3) is 0 Å². The molecule has 14 heavy (non-hydrogen) atoms. The Morgan fingerprint density at radius 1 is 1.21 bits per heavy atom. The molecular formula is C11H21NO2. The third-order valence-corrected chi connectivity index (χ3v) is 3.11. The van der Waals surface area contributed by atoms with Crippen LogP contribution in [0.2, 0.25) is 0 Å². The minimum Gasteiger partial charge on any atom is -0.377 e. The van der Waals surface area contributed by atoms with Crippen molar-refractivity contribution in [3.8, 4) is 0 Å². The number of rotatable bonds is 6. The van der Waals surface area contributed by atoms with E-state index in [9.17, 15) is 0 Å². The van der Waals surface area contributed by atoms with Gasteiger partial charge in [-0.05, 0) is 25.7 Å². The summed E-state index contributed by atoms with van der Waals surface area (Å²) < 4.78 is 11.0. The van der Waals surface area contributed by atoms with Crippen molar-refractivity contribution in [2.24, 2.45) is 0 Å². The van der Waals surface area contributed by atoms with Crippen molar-refractivity contribution in [2.45, 2.75) is 44.2 Å². The fourth-order valence-electron chi connectivity index (χ4n) is 1.94. The summed E-state index contributed by atoms with van der Waals surface area (Å²) in [7, 11) is 0. The third-order valence-electron chi connectivity index (χ3n) is 3.11. The van der Waals surface area contributed by atoms with E-state index in [1.807, 2.05) is 0 Å². The van der Waals surface area contributed by atoms with Crippen LogP contribution in [0.5, 0.6) is 0 Å². The standard InChI is InChI=1S/C11H21NO2/c1-3-10(4-1)12-6-8-13-9-11-5-2-7-14-11/h10-12H,1-9H2. The summed E-state index contributed by atoms with van der Waals surface area (Å²) in [4.78, 5) is 0. The molecule has 2 aliphatic rings. The average Bonchev–Trinajstić information content (AvgIpc) is 2.60. The minimum atomic E-state index is 0.374. The van der Waals surface area contributed by atoms with Crippen molar-refractivity contribution in [1.82, 2.24) is 5.32 Å². The zero-order valence-electron chi connectivity index (χ0n) is 8.84. The van der Waals surface area contributed by atoms with Crippen LogP contribution < -0.4 is 5.32 Å². The number of ether oxygens (including phenoxy) is 2. The lowest BCUT2D eigenvalue weighted by atomic mass is 9.93. The van der Waals surface area contributed by atoms with E-state index < -0.39 is 0 Å². The van der Waals surface area contributed by atoms with Gasteiger partial charge < -0.3 is 14.8 Å². The zero-order chi connectivity index (χ0) is 9.64. The summed E-state index contributed by atoms with van der Waals surface area (Å²) in [5, 5.41) is 3.48. The van der Waals surface area contributed by atoms with Gasteiger partial charge in [0.2, 0.25) is 0 Å². The first kappa shape index (κ1) is 10.4. The second-order valence-corrected chi connectivity index (χ2v) is 4.29. The SMILES string of the molecule is C1CC(NCCOCC2CCCO2)C1. The maximum absolute atomic E-state index is 5.55. The molecule has 1 saturated carbocycles. The van der Waals surface area contributed by atoms with E-state index in [0.29, 0.717) is 6.10 Å². The van der Waals surface area contributed by atoms with E-state index in [1.165, 1.54) is 32.1 Å². The molecule has 0 aromatic carbocycles. The van der Waals surface area contributed by atoms with E-state index >= 15 is 0 Å². The van der Waals surface area contributed by atoms with Crippen molar-refractivity contribution in [3.63, 3.8) is 0 Å². The highest BCUT2D eigenvalue weighted by molar-refractivity contribution is 4.75. The van der Waals surface area contributed by atoms with Gasteiger partial charge in [-0.15, -0.1) is 0 Å². The van der Waals surface area contributed by atoms with Crippen LogP contribution in [-0.2, 0) is 9.47 Å². The fraction of sp³-hybridized carbons (Fsp3) is 1.00. The Morgan fingerprint density at radius 3 is 2.79 bits per heavy atom. The van der Waals surface area contributed by atoms with Crippen LogP contribution in [0.4, 0.5) is 0 Å². The van der Waals surface area contributed by atoms with Gasteiger partial charge in [0.15, 0.2) is 0 Å². The molecule has 1 N–H and O–H groups in total. The van der Waals surface area contributed by atoms with Crippen LogP contribution in [-0.4, -0.2) is 38.5 Å². The van der Waals surface area contributed by atoms with Crippen molar-refractivity contribution >= 4 is 0 Å². The highest BCUT2D eigenvalue weighted by atomic mass is 16.5. The largest absolute Gasteiger partial charge is 0.377 e. The molecule has 1 heterocycles. The molecule has 1 aliphatic heterocycles. The summed E-state index contributed by atoms with van der Waals surface area (Å²) in [5.74, 6) is 0. The molecule has 0 spiro atoms. The molecule has 0 amide bonds. The van der Waals surface area contributed by atoms with Gasteiger partial charge in [0, 0.05) is 19.2 Å². The lowest BCUT2D eigenvalue weighted by Gasteiger charge is -2.26. The maximum atomic E-state index is 5.55. The zero-order valence-corrected chi connectivity index (χ0v) is 8.84. The minimum absolute atomic E-state index is 0.374. The van der Waals surface area contributed by atoms with Crippen LogP contribution in [0.1, 0.15) is 32.1 Å². The molecule has 0 aromatic rings. The Kier molecular flexibility index (Phi) is 4.22. The second-order valence-electron chi connectivity index (χ2n) is 4.29. The van der Waals surface area contributed by atoms with Crippen LogP contribution in [0.15, 0.2) is 0 Å². The predicted molar refractivity (Wildman–Crippen MR) is 55.4 cm³/mol. The van der Waals surface area contributed by atoms with Crippen molar-refractivity contribution in [2.75, 3.05) is 26.4 Å². The molecule has 0 aromatic heterocycles. The molecule has 1 unspecified atom stereocenters. The highest BCUT2D eigenvalue weighted by Gasteiger charge is 2.17. The van der Waals surface area contributed by atoms with E-state index in [0.717, 1.165) is 32.4 Å². The maximum Gasteiger partial charge on any atom is 0.0809 e. The van der Waals surface area contributed by atoms with Gasteiger partial charge in [0.05, 0.1) is 19.3 Å². The van der Waals surface area contributed by atoms with Crippen LogP contribution in [0.25, 0.3) is 0 Å². The molecule has 0 radical (unpaired) electrons. The van der Waals surface area contributed by atoms with Crippen molar-refractivity contribution in [3.05, 3.63) is 0 Å². The quantitative estimate of drug-likeness (QED) is 0.655. The molecule has 1 saturated heterocycles. The lowest BCUT2D eigenvalue weighted by Crippen LogP contribution is -2.37. The van der Waals surface area contributed by atoms with Gasteiger partial charge in [-0.3, -0.25) is 0 Å². The molecule has 1 atom stereocenters. The summed E-state index contributed by atoms with van der Waals surface area (Å²) in [5.41, 5.74) is 0. The molecular weight excluding hydrogens is 178 g/mol. The molecule has 0 bridgehead atoms. The Labute approximate surface area is 86.2 Å². The topological polar surface area (TPSA) is 30.5 Å². The molecule has 2 fully saturated rings. The summed E-state index contributed by atoms with van der Waals surface area (Å²) in [6, 6.07) is 0.779. The van der Waals surface area contributed by atoms with E-state index in [4.69, 9.17) is 9.47 Å². The summed E-state index contributed by atoms with van der Waals surface area (Å²) in [6.07, 6.45) is 6.86. The van der Waals surface area contributed by atoms with Crippen LogP contribution in [0, 0.1) is 0 Å². The van der Waals surface area contributed by atoms with Crippen molar-refractivity contribution < 1.29 is 9.47 Å². The first-order valence-electron chi connectivity index (χ1n) is 5.88. The molecule has 82 valence electrons. The van der Waals surface area contributed by atoms with Gasteiger partial charge in [-0.2, -0.15) is 0 Å². The van der Waals surface area contributed by atoms with Crippen molar-refractivity contribution in [1.29, 1.82) is 0 Å². The fourth-order valence-corrected chi connectivity index (χ4v) is 1.94. The number of nitrogens with one attached hydrogen (secondary N) is 1. The molecule has 1 aliphatic carbocycles. The Hall–Kier alpha value is -0.120. The third kappa shape index (κ3) is 3.23. The normalized spacial score (nSPS) is 27.9. The first-order chi connectivity index (χ1) is 6.95. The van der Waals surface area contributed by atoms with Gasteiger partial charge in [-0.25, -0.2) is 0 Å². The Morgan fingerprint density at radius 2 is 2.14 bits per heavy atom. The van der Waals surface area contributed by atoms with Gasteiger partial charge in [0.1, 0.15) is 0 Å². The van der Waals surface area contributed by atoms with Gasteiger partial charge in [-0.1, -0.05) is 6.42 Å². The van der Waals surface area contributed by atoms with E-state index in [2.05, 4.69) is 5.32 Å². The lowest BCUT2D eigenvalue weighted by molar-refractivity contribution is 0.0173. The average molecular weight is 199 g/mol. The number of hydrogen-bond acceptors (Lipinski definition) is 3. The second kappa shape index (κ2) is 5.69. The molecule has 3 nitrogen and oxygen atoms in total. The van der Waals surface area contributed by atoms with Crippen LogP contribution in [0.3, 0.4) is 0 Å². The monoisotopic (exact) mass is 199 g/mol. The Bertz CT molecular complexity index is 153. The first-order valence-corrected chi connectivity index (χ1v) is 5.88. The van der Waals surface area contributed by atoms with E-state index in [-0.39, 0.29) is 0 Å². The van der Waals surface area contributed by atoms with Gasteiger partial charge >= 0.3 is 0 Å². The number of hydrogen-bond donors (Lipinski definition) is 1. The predicted octanol–water partition coefficient (Wildman–Crippen LogP) is 1.32. The van der Waals surface area contributed by atoms with Crippen LogP contribution >= 0.6 is 0 Å². The molecule has 3 heteroatoms. The molecule has 2 rings (SSSR count). The Balaban J connectivity index is 1.39.